The minimum absolute atomic E-state index is 0.0131. The summed E-state index contributed by atoms with van der Waals surface area (Å²) in [5, 5.41) is 2.33. The van der Waals surface area contributed by atoms with Gasteiger partial charge in [-0.3, -0.25) is 14.4 Å². The monoisotopic (exact) mass is 854 g/mol. The van der Waals surface area contributed by atoms with Gasteiger partial charge in [-0.2, -0.15) is 0 Å². The van der Waals surface area contributed by atoms with Gasteiger partial charge in [-0.15, -0.1) is 11.6 Å². The van der Waals surface area contributed by atoms with Gasteiger partial charge in [0.25, 0.3) is 0 Å². The Labute approximate surface area is 354 Å². The molecule has 1 spiro atoms. The number of alkyl halides is 1. The van der Waals surface area contributed by atoms with Crippen LogP contribution in [0.4, 0.5) is 0 Å². The van der Waals surface area contributed by atoms with Crippen LogP contribution in [-0.4, -0.2) is 90.0 Å². The van der Waals surface area contributed by atoms with Crippen LogP contribution in [0.2, 0.25) is 18.1 Å². The maximum atomic E-state index is 15.0. The summed E-state index contributed by atoms with van der Waals surface area (Å²) in [5.74, 6) is -2.00. The van der Waals surface area contributed by atoms with E-state index >= 15 is 0 Å². The average Bonchev–Trinajstić information content (AvgIpc) is 3.72. The largest absolute Gasteiger partial charge is 0.483 e. The Balaban J connectivity index is 1.43. The Morgan fingerprint density at radius 2 is 1.80 bits per heavy atom. The van der Waals surface area contributed by atoms with Gasteiger partial charge in [0.05, 0.1) is 44.2 Å². The average molecular weight is 856 g/mol. The van der Waals surface area contributed by atoms with Gasteiger partial charge in [0.2, 0.25) is 17.7 Å². The van der Waals surface area contributed by atoms with E-state index in [9.17, 15) is 19.2 Å². The lowest BCUT2D eigenvalue weighted by atomic mass is 9.87. The zero-order valence-electron chi connectivity index (χ0n) is 36.5. The first-order valence-corrected chi connectivity index (χ1v) is 24.5. The third-order valence-electron chi connectivity index (χ3n) is 12.6. The lowest BCUT2D eigenvalue weighted by Crippen LogP contribution is -2.54. The molecule has 5 heterocycles. The zero-order valence-corrected chi connectivity index (χ0v) is 38.3. The molecule has 59 heavy (non-hydrogen) atoms. The minimum atomic E-state index is -2.27. The summed E-state index contributed by atoms with van der Waals surface area (Å²) < 4.78 is 30.5. The molecular weight excluding hydrogens is 792 g/mol. The fourth-order valence-corrected chi connectivity index (χ4v) is 9.73. The van der Waals surface area contributed by atoms with Crippen molar-refractivity contribution in [3.63, 3.8) is 0 Å². The van der Waals surface area contributed by atoms with Crippen molar-refractivity contribution in [1.29, 1.82) is 0 Å². The van der Waals surface area contributed by atoms with Crippen LogP contribution >= 0.6 is 11.6 Å². The summed E-state index contributed by atoms with van der Waals surface area (Å²) in [7, 11) is -0.722. The molecule has 1 saturated heterocycles. The quantitative estimate of drug-likeness (QED) is 0.119. The highest BCUT2D eigenvalue weighted by Crippen LogP contribution is 2.52. The number of fused-ring (bicyclic) bond motifs is 5. The van der Waals surface area contributed by atoms with Gasteiger partial charge in [0.1, 0.15) is 34.0 Å². The van der Waals surface area contributed by atoms with E-state index < -0.39 is 60.2 Å². The van der Waals surface area contributed by atoms with Crippen LogP contribution in [0, 0.1) is 11.8 Å². The summed E-state index contributed by atoms with van der Waals surface area (Å²) in [6, 6.07) is 2.54. The molecule has 3 aliphatic heterocycles. The number of allylic oxidation sites excluding steroid dienone is 1. The molecule has 2 fully saturated rings. The molecule has 1 aliphatic carbocycles. The first kappa shape index (κ1) is 44.8. The Bertz CT molecular complexity index is 1980. The van der Waals surface area contributed by atoms with Crippen LogP contribution in [-0.2, 0) is 39.7 Å². The molecule has 0 bridgehead atoms. The molecule has 4 aliphatic rings. The molecule has 1 saturated carbocycles. The summed E-state index contributed by atoms with van der Waals surface area (Å²) in [4.78, 5) is 67.9. The number of nitrogens with one attached hydrogen (secondary N) is 1. The normalized spacial score (nSPS) is 28.3. The minimum Gasteiger partial charge on any atom is -0.483 e. The number of esters is 2. The topological polar surface area (TPSA) is 155 Å². The molecule has 6 rings (SSSR count). The first-order valence-electron chi connectivity index (χ1n) is 21.2. The van der Waals surface area contributed by atoms with E-state index in [1.165, 1.54) is 0 Å². The number of aromatic nitrogens is 2. The molecule has 13 nitrogen and oxygen atoms in total. The van der Waals surface area contributed by atoms with Gasteiger partial charge >= 0.3 is 11.9 Å². The van der Waals surface area contributed by atoms with Crippen molar-refractivity contribution in [2.75, 3.05) is 20.3 Å². The fraction of sp³-hybridized carbons (Fsp3) is 0.682. The van der Waals surface area contributed by atoms with Crippen LogP contribution in [0.1, 0.15) is 123 Å². The Hall–Kier alpha value is -3.75. The van der Waals surface area contributed by atoms with Crippen molar-refractivity contribution in [3.05, 3.63) is 35.5 Å². The number of hydrogen-bond acceptors (Lipinski definition) is 11. The number of carbonyl (C=O) groups is 4. The van der Waals surface area contributed by atoms with Crippen LogP contribution < -0.4 is 14.8 Å². The number of nitrogens with zero attached hydrogens (tertiary/aromatic N) is 3. The number of ether oxygens (including phenoxy) is 4. The third kappa shape index (κ3) is 9.59. The lowest BCUT2D eigenvalue weighted by molar-refractivity contribution is -0.159. The first-order chi connectivity index (χ1) is 27.6. The number of hydrogen-bond donors (Lipinski definition) is 1. The maximum absolute atomic E-state index is 15.0. The molecule has 1 N–H and O–H groups in total. The second-order valence-corrected chi connectivity index (χ2v) is 24.6. The SMILES string of the molecule is CCOC(=O)[C@@]12C[C@H]1/C=C\CCCCC[C@H](CC(=O)OC(C)(C)C)C(=O)N1C[C@@]3(CC(Cl)c4c(c(CO[Si](C)(C)C(C)(C)C)nc5ccc(OC)nc45)O3)C[C@H]1C(=O)N2. The Morgan fingerprint density at radius 3 is 2.47 bits per heavy atom. The second-order valence-electron chi connectivity index (χ2n) is 19.3. The van der Waals surface area contributed by atoms with Crippen LogP contribution in [0.15, 0.2) is 24.3 Å². The van der Waals surface area contributed by atoms with Gasteiger partial charge in [-0.05, 0) is 77.6 Å². The van der Waals surface area contributed by atoms with Gasteiger partial charge in [0.15, 0.2) is 14.1 Å². The highest BCUT2D eigenvalue weighted by Gasteiger charge is 2.63. The predicted octanol–water partition coefficient (Wildman–Crippen LogP) is 7.87. The van der Waals surface area contributed by atoms with Gasteiger partial charge in [-0.1, -0.05) is 45.8 Å². The van der Waals surface area contributed by atoms with E-state index in [4.69, 9.17) is 44.9 Å². The Morgan fingerprint density at radius 1 is 1.05 bits per heavy atom. The van der Waals surface area contributed by atoms with Crippen LogP contribution in [0.3, 0.4) is 0 Å². The van der Waals surface area contributed by atoms with E-state index in [1.54, 1.807) is 45.8 Å². The second kappa shape index (κ2) is 17.0. The predicted molar refractivity (Wildman–Crippen MR) is 227 cm³/mol. The fourth-order valence-electron chi connectivity index (χ4n) is 8.32. The molecular formula is C44H63ClN4O9Si. The molecule has 6 atom stereocenters. The maximum Gasteiger partial charge on any atom is 0.332 e. The number of methoxy groups -OCH3 is 1. The van der Waals surface area contributed by atoms with Crippen molar-refractivity contribution in [3.8, 4) is 11.6 Å². The van der Waals surface area contributed by atoms with Crippen molar-refractivity contribution < 1.29 is 42.6 Å². The summed E-state index contributed by atoms with van der Waals surface area (Å²) in [5.41, 5.74) is -0.790. The smallest absolute Gasteiger partial charge is 0.332 e. The van der Waals surface area contributed by atoms with Crippen molar-refractivity contribution in [2.45, 2.75) is 159 Å². The number of halogens is 1. The van der Waals surface area contributed by atoms with Crippen LogP contribution in [0.5, 0.6) is 11.6 Å². The van der Waals surface area contributed by atoms with E-state index in [1.807, 2.05) is 12.1 Å². The molecule has 2 aromatic heterocycles. The lowest BCUT2D eigenvalue weighted by Gasteiger charge is -2.40. The standard InChI is InChI=1S/C44H63ClN4O9Si/c1-11-55-40(53)44-22-28(44)18-16-14-12-13-15-17-27(21-34(50)57-41(2,3)4)39(52)49-26-43(24-32(49)38(51)48-44)23-29(45)35-36-30(19-20-33(47-36)54-8)46-31(37(35)58-43)25-56-59(9,10)42(5,6)7/h16,18-20,27-29,32H,11-15,17,21-26H2,1-10H3,(H,48,51)/b18-16-/t27-,28-,29?,32+,43-,44-/m1/s1. The summed E-state index contributed by atoms with van der Waals surface area (Å²) in [6.07, 6.45) is 8.28. The molecule has 15 heteroatoms. The third-order valence-corrected chi connectivity index (χ3v) is 17.4. The van der Waals surface area contributed by atoms with Crippen molar-refractivity contribution >= 4 is 54.7 Å². The summed E-state index contributed by atoms with van der Waals surface area (Å²) in [6.45, 7) is 18.3. The van der Waals surface area contributed by atoms with Gasteiger partial charge in [-0.25, -0.2) is 14.8 Å². The summed E-state index contributed by atoms with van der Waals surface area (Å²) >= 11 is 7.44. The van der Waals surface area contributed by atoms with Crippen molar-refractivity contribution in [1.82, 2.24) is 20.2 Å². The van der Waals surface area contributed by atoms with Gasteiger partial charge in [0, 0.05) is 36.3 Å². The van der Waals surface area contributed by atoms with Crippen LogP contribution in [0.25, 0.3) is 11.0 Å². The molecule has 0 aromatic carbocycles. The zero-order chi connectivity index (χ0) is 43.1. The molecule has 2 aromatic rings. The highest BCUT2D eigenvalue weighted by atomic mass is 35.5. The number of pyridine rings is 2. The van der Waals surface area contributed by atoms with E-state index in [-0.39, 0.29) is 55.9 Å². The van der Waals surface area contributed by atoms with E-state index in [0.29, 0.717) is 53.2 Å². The number of amides is 2. The number of carbonyl (C=O) groups excluding carboxylic acids is 4. The molecule has 324 valence electrons. The highest BCUT2D eigenvalue weighted by molar-refractivity contribution is 6.74. The van der Waals surface area contributed by atoms with Gasteiger partial charge < -0.3 is 33.6 Å². The molecule has 1 unspecified atom stereocenters. The Kier molecular flexibility index (Phi) is 12.9. The molecule has 2 amide bonds. The van der Waals surface area contributed by atoms with E-state index in [0.717, 1.165) is 19.3 Å². The molecule has 0 radical (unpaired) electrons. The number of rotatable bonds is 8. The van der Waals surface area contributed by atoms with E-state index in [2.05, 4.69) is 45.3 Å². The van der Waals surface area contributed by atoms with Crippen molar-refractivity contribution in [2.24, 2.45) is 11.8 Å².